The van der Waals surface area contributed by atoms with Crippen molar-refractivity contribution in [3.8, 4) is 5.75 Å². The normalized spacial score (nSPS) is 14.7. The van der Waals surface area contributed by atoms with Gasteiger partial charge in [-0.1, -0.05) is 43.0 Å². The van der Waals surface area contributed by atoms with Crippen LogP contribution in [0.3, 0.4) is 0 Å². The molecular weight excluding hydrogens is 276 g/mol. The Morgan fingerprint density at radius 2 is 1.90 bits per heavy atom. The Hall–Kier alpha value is -1.67. The second-order valence-corrected chi connectivity index (χ2v) is 5.97. The molecule has 1 aliphatic heterocycles. The average molecular weight is 295 g/mol. The molecule has 0 aliphatic carbocycles. The van der Waals surface area contributed by atoms with Gasteiger partial charge < -0.3 is 4.74 Å². The van der Waals surface area contributed by atoms with Gasteiger partial charge in [0.2, 0.25) is 0 Å². The van der Waals surface area contributed by atoms with E-state index in [9.17, 15) is 0 Å². The van der Waals surface area contributed by atoms with Crippen LogP contribution in [0.1, 0.15) is 30.5 Å². The predicted molar refractivity (Wildman–Crippen MR) is 90.0 cm³/mol. The molecule has 0 saturated heterocycles. The fourth-order valence-electron chi connectivity index (χ4n) is 2.82. The largest absolute Gasteiger partial charge is 0.494 e. The molecule has 21 heavy (non-hydrogen) atoms. The molecular formula is C19H19OS. The number of rotatable bonds is 3. The van der Waals surface area contributed by atoms with Gasteiger partial charge in [0.15, 0.2) is 0 Å². The zero-order valence-electron chi connectivity index (χ0n) is 12.5. The van der Waals surface area contributed by atoms with Crippen LogP contribution in [0.5, 0.6) is 5.75 Å². The molecule has 3 rings (SSSR count). The highest BCUT2D eigenvalue weighted by Crippen LogP contribution is 2.48. The molecule has 2 aromatic carbocycles. The maximum atomic E-state index is 5.80. The molecule has 1 aliphatic rings. The first-order valence-corrected chi connectivity index (χ1v) is 8.17. The number of fused-ring (bicyclic) bond motifs is 2. The Morgan fingerprint density at radius 1 is 1.10 bits per heavy atom. The fraction of sp³-hybridized carbons (Fsp3) is 0.211. The van der Waals surface area contributed by atoms with Gasteiger partial charge in [-0.25, -0.2) is 0 Å². The van der Waals surface area contributed by atoms with E-state index in [-0.39, 0.29) is 0 Å². The minimum absolute atomic E-state index is 0.699. The van der Waals surface area contributed by atoms with Gasteiger partial charge in [0.25, 0.3) is 0 Å². The minimum Gasteiger partial charge on any atom is -0.494 e. The molecule has 0 atom stereocenters. The maximum Gasteiger partial charge on any atom is 0.123 e. The van der Waals surface area contributed by atoms with Crippen molar-refractivity contribution in [2.24, 2.45) is 0 Å². The summed E-state index contributed by atoms with van der Waals surface area (Å²) >= 11 is 1.84. The van der Waals surface area contributed by atoms with Crippen molar-refractivity contribution >= 4 is 17.3 Å². The van der Waals surface area contributed by atoms with Crippen LogP contribution in [0, 0.1) is 6.92 Å². The molecule has 0 aromatic heterocycles. The zero-order chi connectivity index (χ0) is 14.8. The maximum absolute atomic E-state index is 5.80. The van der Waals surface area contributed by atoms with Crippen LogP contribution >= 0.6 is 11.8 Å². The number of allylic oxidation sites excluding steroid dienone is 1. The van der Waals surface area contributed by atoms with E-state index in [1.54, 1.807) is 0 Å². The van der Waals surface area contributed by atoms with E-state index in [1.165, 1.54) is 32.1 Å². The topological polar surface area (TPSA) is 9.23 Å². The molecule has 2 heteroatoms. The van der Waals surface area contributed by atoms with Gasteiger partial charge in [-0.05, 0) is 55.2 Å². The van der Waals surface area contributed by atoms with Gasteiger partial charge in [0, 0.05) is 15.4 Å². The van der Waals surface area contributed by atoms with E-state index < -0.39 is 0 Å². The average Bonchev–Trinajstić information content (AvgIpc) is 2.52. The molecule has 107 valence electrons. The predicted octanol–water partition coefficient (Wildman–Crippen LogP) is 5.38. The highest BCUT2D eigenvalue weighted by atomic mass is 32.2. The Morgan fingerprint density at radius 3 is 2.62 bits per heavy atom. The number of hydrogen-bond donors (Lipinski definition) is 0. The Kier molecular flexibility index (Phi) is 4.07. The van der Waals surface area contributed by atoms with Crippen LogP contribution < -0.4 is 4.74 Å². The highest BCUT2D eigenvalue weighted by molar-refractivity contribution is 7.99. The summed E-state index contributed by atoms with van der Waals surface area (Å²) in [5.74, 6) is 1.01. The number of ether oxygens (including phenoxy) is 1. The molecule has 0 fully saturated rings. The van der Waals surface area contributed by atoms with Crippen molar-refractivity contribution in [1.29, 1.82) is 0 Å². The highest BCUT2D eigenvalue weighted by Gasteiger charge is 2.23. The van der Waals surface area contributed by atoms with E-state index in [0.29, 0.717) is 6.61 Å². The molecule has 2 aromatic rings. The van der Waals surface area contributed by atoms with Crippen LogP contribution in [-0.4, -0.2) is 6.61 Å². The van der Waals surface area contributed by atoms with E-state index in [0.717, 1.165) is 12.2 Å². The SMILES string of the molecule is [CH2]C=C1c2ccccc2Sc2c1ccc(OCC)c2CC. The molecule has 0 unspecified atom stereocenters. The second-order valence-electron chi connectivity index (χ2n) is 4.92. The first-order valence-electron chi connectivity index (χ1n) is 7.35. The third-order valence-corrected chi connectivity index (χ3v) is 5.00. The third-order valence-electron chi connectivity index (χ3n) is 3.75. The first-order chi connectivity index (χ1) is 10.3. The van der Waals surface area contributed by atoms with Crippen LogP contribution in [0.15, 0.2) is 52.3 Å². The smallest absolute Gasteiger partial charge is 0.123 e. The monoisotopic (exact) mass is 295 g/mol. The fourth-order valence-corrected chi connectivity index (χ4v) is 4.13. The summed E-state index contributed by atoms with van der Waals surface area (Å²) in [7, 11) is 0. The van der Waals surface area contributed by atoms with Crippen LogP contribution in [-0.2, 0) is 6.42 Å². The number of hydrogen-bond acceptors (Lipinski definition) is 2. The lowest BCUT2D eigenvalue weighted by Gasteiger charge is -2.25. The Balaban J connectivity index is 2.22. The van der Waals surface area contributed by atoms with Crippen LogP contribution in [0.2, 0.25) is 0 Å². The van der Waals surface area contributed by atoms with Crippen molar-refractivity contribution in [3.05, 3.63) is 66.1 Å². The van der Waals surface area contributed by atoms with E-state index in [4.69, 9.17) is 4.74 Å². The molecule has 0 saturated carbocycles. The summed E-state index contributed by atoms with van der Waals surface area (Å²) < 4.78 is 5.80. The minimum atomic E-state index is 0.699. The second kappa shape index (κ2) is 5.98. The van der Waals surface area contributed by atoms with E-state index in [1.807, 2.05) is 24.8 Å². The van der Waals surface area contributed by atoms with Gasteiger partial charge in [-0.3, -0.25) is 0 Å². The Bertz CT molecular complexity index is 701. The van der Waals surface area contributed by atoms with Gasteiger partial charge in [0.05, 0.1) is 6.61 Å². The summed E-state index contributed by atoms with van der Waals surface area (Å²) in [5, 5.41) is 0. The summed E-state index contributed by atoms with van der Waals surface area (Å²) in [6.45, 7) is 8.94. The summed E-state index contributed by atoms with van der Waals surface area (Å²) in [6.07, 6.45) is 2.94. The van der Waals surface area contributed by atoms with Gasteiger partial charge in [-0.15, -0.1) is 0 Å². The molecule has 0 N–H and O–H groups in total. The van der Waals surface area contributed by atoms with Gasteiger partial charge in [-0.2, -0.15) is 0 Å². The lowest BCUT2D eigenvalue weighted by molar-refractivity contribution is 0.335. The quantitative estimate of drug-likeness (QED) is 0.641. The van der Waals surface area contributed by atoms with Gasteiger partial charge in [0.1, 0.15) is 5.75 Å². The molecule has 1 nitrogen and oxygen atoms in total. The van der Waals surface area contributed by atoms with E-state index >= 15 is 0 Å². The van der Waals surface area contributed by atoms with Crippen LogP contribution in [0.25, 0.3) is 5.57 Å². The van der Waals surface area contributed by atoms with E-state index in [2.05, 4.69) is 50.2 Å². The third kappa shape index (κ3) is 2.38. The van der Waals surface area contributed by atoms with Crippen molar-refractivity contribution < 1.29 is 4.74 Å². The summed E-state index contributed by atoms with van der Waals surface area (Å²) in [5.41, 5.74) is 5.07. The Labute approximate surface area is 131 Å². The van der Waals surface area contributed by atoms with Crippen molar-refractivity contribution in [2.45, 2.75) is 30.1 Å². The zero-order valence-corrected chi connectivity index (χ0v) is 13.3. The summed E-state index contributed by atoms with van der Waals surface area (Å²) in [6, 6.07) is 12.8. The molecule has 1 radical (unpaired) electrons. The van der Waals surface area contributed by atoms with Crippen LogP contribution in [0.4, 0.5) is 0 Å². The first kappa shape index (κ1) is 14.3. The lowest BCUT2D eigenvalue weighted by atomic mass is 9.94. The molecule has 1 heterocycles. The number of benzene rings is 2. The van der Waals surface area contributed by atoms with Crippen molar-refractivity contribution in [3.63, 3.8) is 0 Å². The lowest BCUT2D eigenvalue weighted by Crippen LogP contribution is -2.04. The van der Waals surface area contributed by atoms with Crippen molar-refractivity contribution in [2.75, 3.05) is 6.61 Å². The molecule has 0 spiro atoms. The van der Waals surface area contributed by atoms with Crippen molar-refractivity contribution in [1.82, 2.24) is 0 Å². The summed E-state index contributed by atoms with van der Waals surface area (Å²) in [4.78, 5) is 2.61. The molecule has 0 bridgehead atoms. The molecule has 0 amide bonds. The standard InChI is InChI=1S/C19H19OS/c1-4-13-15-9-7-8-10-18(15)21-19-14(5-2)17(20-6-3)12-11-16(13)19/h4,7-12H,1,5-6H2,2-3H3. The van der Waals surface area contributed by atoms with Gasteiger partial charge >= 0.3 is 0 Å².